The normalized spacial score (nSPS) is 18.7. The highest BCUT2D eigenvalue weighted by atomic mass is 35.5. The molecule has 0 unspecified atom stereocenters. The topological polar surface area (TPSA) is 44.3 Å². The molecular formula is C15H26ClN5. The highest BCUT2D eigenvalue weighted by Gasteiger charge is 2.19. The predicted octanol–water partition coefficient (Wildman–Crippen LogP) is 2.05. The largest absolute Gasteiger partial charge is 0.368 e. The zero-order chi connectivity index (χ0) is 15.4. The van der Waals surface area contributed by atoms with Gasteiger partial charge in [-0.05, 0) is 27.3 Å². The summed E-state index contributed by atoms with van der Waals surface area (Å²) in [7, 11) is 2.18. The quantitative estimate of drug-likeness (QED) is 0.843. The molecule has 0 amide bonds. The molecule has 5 nitrogen and oxygen atoms in total. The SMILES string of the molecule is CCc1c(Cl)nc(C)nc1NC[C@@H](C)N1CCN(C)CC1. The number of rotatable bonds is 5. The van der Waals surface area contributed by atoms with Crippen LogP contribution in [0.4, 0.5) is 5.82 Å². The summed E-state index contributed by atoms with van der Waals surface area (Å²) < 4.78 is 0. The zero-order valence-corrected chi connectivity index (χ0v) is 14.2. The van der Waals surface area contributed by atoms with Crippen LogP contribution in [0.25, 0.3) is 0 Å². The molecule has 1 aromatic heterocycles. The molecule has 2 rings (SSSR count). The third-order valence-corrected chi connectivity index (χ3v) is 4.46. The summed E-state index contributed by atoms with van der Waals surface area (Å²) in [6.07, 6.45) is 0.838. The Morgan fingerprint density at radius 1 is 1.24 bits per heavy atom. The van der Waals surface area contributed by atoms with Crippen LogP contribution < -0.4 is 5.32 Å². The number of nitrogens with one attached hydrogen (secondary N) is 1. The van der Waals surface area contributed by atoms with Crippen molar-refractivity contribution in [2.24, 2.45) is 0 Å². The number of hydrogen-bond donors (Lipinski definition) is 1. The van der Waals surface area contributed by atoms with Crippen LogP contribution >= 0.6 is 11.6 Å². The number of aromatic nitrogens is 2. The van der Waals surface area contributed by atoms with Gasteiger partial charge in [-0.2, -0.15) is 0 Å². The summed E-state index contributed by atoms with van der Waals surface area (Å²) in [4.78, 5) is 13.6. The van der Waals surface area contributed by atoms with E-state index in [-0.39, 0.29) is 0 Å². The van der Waals surface area contributed by atoms with E-state index in [0.29, 0.717) is 17.0 Å². The first-order chi connectivity index (χ1) is 10.0. The Hall–Kier alpha value is -0.910. The van der Waals surface area contributed by atoms with Crippen molar-refractivity contribution in [3.63, 3.8) is 0 Å². The van der Waals surface area contributed by atoms with Crippen LogP contribution in [0.3, 0.4) is 0 Å². The van der Waals surface area contributed by atoms with Crippen molar-refractivity contribution in [3.8, 4) is 0 Å². The smallest absolute Gasteiger partial charge is 0.138 e. The maximum absolute atomic E-state index is 6.21. The number of halogens is 1. The fourth-order valence-electron chi connectivity index (χ4n) is 2.66. The van der Waals surface area contributed by atoms with Crippen molar-refractivity contribution < 1.29 is 0 Å². The molecule has 21 heavy (non-hydrogen) atoms. The number of anilines is 1. The van der Waals surface area contributed by atoms with E-state index in [9.17, 15) is 0 Å². The lowest BCUT2D eigenvalue weighted by molar-refractivity contribution is 0.123. The Labute approximate surface area is 132 Å². The molecule has 0 aliphatic carbocycles. The van der Waals surface area contributed by atoms with E-state index >= 15 is 0 Å². The van der Waals surface area contributed by atoms with Gasteiger partial charge in [-0.15, -0.1) is 0 Å². The van der Waals surface area contributed by atoms with Crippen LogP contribution in [0.2, 0.25) is 5.15 Å². The number of nitrogens with zero attached hydrogens (tertiary/aromatic N) is 4. The summed E-state index contributed by atoms with van der Waals surface area (Å²) in [5.74, 6) is 1.60. The van der Waals surface area contributed by atoms with E-state index in [1.807, 2.05) is 6.92 Å². The van der Waals surface area contributed by atoms with Crippen LogP contribution in [-0.2, 0) is 6.42 Å². The zero-order valence-electron chi connectivity index (χ0n) is 13.5. The first kappa shape index (κ1) is 16.5. The van der Waals surface area contributed by atoms with Crippen LogP contribution in [0.1, 0.15) is 25.2 Å². The Kier molecular flexibility index (Phi) is 5.79. The number of hydrogen-bond acceptors (Lipinski definition) is 5. The average Bonchev–Trinajstić information content (AvgIpc) is 2.45. The van der Waals surface area contributed by atoms with Crippen molar-refractivity contribution >= 4 is 17.4 Å². The first-order valence-corrected chi connectivity index (χ1v) is 8.08. The molecule has 0 bridgehead atoms. The number of likely N-dealkylation sites (N-methyl/N-ethyl adjacent to an activating group) is 1. The van der Waals surface area contributed by atoms with Crippen LogP contribution in [0.15, 0.2) is 0 Å². The summed E-state index contributed by atoms with van der Waals surface area (Å²) in [6.45, 7) is 11.6. The molecule has 0 aromatic carbocycles. The molecule has 1 atom stereocenters. The van der Waals surface area contributed by atoms with Gasteiger partial charge in [-0.3, -0.25) is 4.90 Å². The third kappa shape index (κ3) is 4.28. The second-order valence-corrected chi connectivity index (χ2v) is 6.17. The minimum absolute atomic E-state index is 0.484. The Morgan fingerprint density at radius 3 is 2.52 bits per heavy atom. The van der Waals surface area contributed by atoms with Gasteiger partial charge in [0, 0.05) is 44.3 Å². The molecule has 0 spiro atoms. The molecule has 0 radical (unpaired) electrons. The van der Waals surface area contributed by atoms with Crippen molar-refractivity contribution in [3.05, 3.63) is 16.5 Å². The van der Waals surface area contributed by atoms with Gasteiger partial charge >= 0.3 is 0 Å². The van der Waals surface area contributed by atoms with E-state index in [4.69, 9.17) is 11.6 Å². The van der Waals surface area contributed by atoms with Gasteiger partial charge in [0.15, 0.2) is 0 Å². The standard InChI is InChI=1S/C15H26ClN5/c1-5-13-14(16)18-12(3)19-15(13)17-10-11(2)21-8-6-20(4)7-9-21/h11H,5-10H2,1-4H3,(H,17,18,19)/t11-/m1/s1. The van der Waals surface area contributed by atoms with E-state index in [0.717, 1.165) is 50.5 Å². The van der Waals surface area contributed by atoms with Gasteiger partial charge in [0.1, 0.15) is 16.8 Å². The van der Waals surface area contributed by atoms with E-state index in [1.165, 1.54) is 0 Å². The average molecular weight is 312 g/mol. The molecule has 0 saturated carbocycles. The predicted molar refractivity (Wildman–Crippen MR) is 88.2 cm³/mol. The van der Waals surface area contributed by atoms with Crippen molar-refractivity contribution in [2.45, 2.75) is 33.2 Å². The van der Waals surface area contributed by atoms with Crippen molar-refractivity contribution in [2.75, 3.05) is 45.1 Å². The summed E-state index contributed by atoms with van der Waals surface area (Å²) in [6, 6.07) is 0.484. The molecule has 1 aliphatic rings. The fraction of sp³-hybridized carbons (Fsp3) is 0.733. The van der Waals surface area contributed by atoms with Gasteiger partial charge in [0.05, 0.1) is 0 Å². The van der Waals surface area contributed by atoms with Gasteiger partial charge in [-0.25, -0.2) is 9.97 Å². The Balaban J connectivity index is 1.96. The van der Waals surface area contributed by atoms with Gasteiger partial charge in [0.25, 0.3) is 0 Å². The van der Waals surface area contributed by atoms with Crippen LogP contribution in [-0.4, -0.2) is 65.6 Å². The third-order valence-electron chi connectivity index (χ3n) is 4.15. The molecule has 6 heteroatoms. The maximum atomic E-state index is 6.21. The second kappa shape index (κ2) is 7.38. The molecule has 1 aromatic rings. The summed E-state index contributed by atoms with van der Waals surface area (Å²) >= 11 is 6.21. The Morgan fingerprint density at radius 2 is 1.90 bits per heavy atom. The minimum Gasteiger partial charge on any atom is -0.368 e. The molecule has 118 valence electrons. The highest BCUT2D eigenvalue weighted by molar-refractivity contribution is 6.30. The fourth-order valence-corrected chi connectivity index (χ4v) is 3.00. The molecule has 1 fully saturated rings. The monoisotopic (exact) mass is 311 g/mol. The molecule has 1 N–H and O–H groups in total. The lowest BCUT2D eigenvalue weighted by Crippen LogP contribution is -2.50. The van der Waals surface area contributed by atoms with Gasteiger partial charge in [-0.1, -0.05) is 18.5 Å². The summed E-state index contributed by atoms with van der Waals surface area (Å²) in [5, 5.41) is 4.03. The number of aryl methyl sites for hydroxylation is 1. The highest BCUT2D eigenvalue weighted by Crippen LogP contribution is 2.21. The number of piperazine rings is 1. The van der Waals surface area contributed by atoms with E-state index in [1.54, 1.807) is 0 Å². The van der Waals surface area contributed by atoms with Crippen molar-refractivity contribution in [1.82, 2.24) is 19.8 Å². The van der Waals surface area contributed by atoms with E-state index < -0.39 is 0 Å². The molecule has 1 saturated heterocycles. The molecule has 1 aliphatic heterocycles. The van der Waals surface area contributed by atoms with Crippen LogP contribution in [0, 0.1) is 6.92 Å². The van der Waals surface area contributed by atoms with Crippen LogP contribution in [0.5, 0.6) is 0 Å². The lowest BCUT2D eigenvalue weighted by atomic mass is 10.2. The Bertz CT molecular complexity index is 471. The van der Waals surface area contributed by atoms with Gasteiger partial charge < -0.3 is 10.2 Å². The molecular weight excluding hydrogens is 286 g/mol. The maximum Gasteiger partial charge on any atom is 0.138 e. The van der Waals surface area contributed by atoms with E-state index in [2.05, 4.69) is 46.0 Å². The lowest BCUT2D eigenvalue weighted by Gasteiger charge is -2.36. The minimum atomic E-state index is 0.484. The first-order valence-electron chi connectivity index (χ1n) is 7.70. The summed E-state index contributed by atoms with van der Waals surface area (Å²) in [5.41, 5.74) is 1.01. The molecule has 2 heterocycles. The van der Waals surface area contributed by atoms with Gasteiger partial charge in [0.2, 0.25) is 0 Å². The van der Waals surface area contributed by atoms with Crippen molar-refractivity contribution in [1.29, 1.82) is 0 Å². The second-order valence-electron chi connectivity index (χ2n) is 5.81.